The van der Waals surface area contributed by atoms with E-state index in [0.717, 1.165) is 6.07 Å². The molecule has 0 fully saturated rings. The van der Waals surface area contributed by atoms with Crippen LogP contribution in [0.4, 0.5) is 27.8 Å². The van der Waals surface area contributed by atoms with E-state index in [2.05, 4.69) is 4.98 Å². The van der Waals surface area contributed by atoms with E-state index in [9.17, 15) is 27.2 Å². The average Bonchev–Trinajstić information content (AvgIpc) is 2.71. The third-order valence-corrected chi connectivity index (χ3v) is 4.10. The number of anilines is 1. The Morgan fingerprint density at radius 2 is 1.52 bits per heavy atom. The molecule has 0 radical (unpaired) electrons. The summed E-state index contributed by atoms with van der Waals surface area (Å²) in [4.78, 5) is 4.01. The van der Waals surface area contributed by atoms with E-state index in [-0.39, 0.29) is 5.69 Å². The minimum Gasteiger partial charge on any atom is -0.494 e. The van der Waals surface area contributed by atoms with E-state index in [1.165, 1.54) is 0 Å². The molecule has 0 unspecified atom stereocenters. The van der Waals surface area contributed by atoms with E-state index in [1.54, 1.807) is 37.3 Å². The number of pyridine rings is 1. The first kappa shape index (κ1) is 20.1. The summed E-state index contributed by atoms with van der Waals surface area (Å²) in [6.07, 6.45) is 0. The molecule has 0 amide bonds. The molecule has 2 N–H and O–H groups in total. The fourth-order valence-electron chi connectivity index (χ4n) is 2.76. The molecule has 4 nitrogen and oxygen atoms in total. The van der Waals surface area contributed by atoms with Crippen LogP contribution in [0.5, 0.6) is 5.75 Å². The standard InChI is InChI=1S/C20H12F5N3O/c1-2-29-10-5-3-9(4-6-10)13-7-11(12(8-26)20(27)28-13)14-15(21)17(23)19(25)18(24)16(14)22/h3-7H,2H2,1H3,(H2,27,28). The number of benzene rings is 2. The third kappa shape index (κ3) is 3.45. The molecule has 0 atom stereocenters. The highest BCUT2D eigenvalue weighted by atomic mass is 19.2. The van der Waals surface area contributed by atoms with Crippen LogP contribution in [0.2, 0.25) is 0 Å². The first-order valence-electron chi connectivity index (χ1n) is 8.25. The molecule has 3 rings (SSSR count). The zero-order valence-corrected chi connectivity index (χ0v) is 14.9. The smallest absolute Gasteiger partial charge is 0.200 e. The lowest BCUT2D eigenvalue weighted by Gasteiger charge is -2.13. The topological polar surface area (TPSA) is 71.9 Å². The zero-order valence-electron chi connectivity index (χ0n) is 14.9. The summed E-state index contributed by atoms with van der Waals surface area (Å²) >= 11 is 0. The molecule has 0 bridgehead atoms. The monoisotopic (exact) mass is 405 g/mol. The number of nitriles is 1. The highest BCUT2D eigenvalue weighted by molar-refractivity contribution is 5.81. The summed E-state index contributed by atoms with van der Waals surface area (Å²) in [5.74, 6) is -10.5. The van der Waals surface area contributed by atoms with Gasteiger partial charge in [-0.2, -0.15) is 5.26 Å². The van der Waals surface area contributed by atoms with Gasteiger partial charge in [-0.3, -0.25) is 0 Å². The van der Waals surface area contributed by atoms with E-state index in [4.69, 9.17) is 10.5 Å². The van der Waals surface area contributed by atoms with Gasteiger partial charge in [0.15, 0.2) is 23.3 Å². The van der Waals surface area contributed by atoms with Gasteiger partial charge >= 0.3 is 0 Å². The van der Waals surface area contributed by atoms with Gasteiger partial charge in [-0.25, -0.2) is 26.9 Å². The van der Waals surface area contributed by atoms with Crippen molar-refractivity contribution in [1.82, 2.24) is 4.98 Å². The number of rotatable bonds is 4. The van der Waals surface area contributed by atoms with Gasteiger partial charge in [0.05, 0.1) is 17.9 Å². The maximum absolute atomic E-state index is 14.3. The van der Waals surface area contributed by atoms with Crippen molar-refractivity contribution in [2.45, 2.75) is 6.92 Å². The molecule has 0 saturated carbocycles. The van der Waals surface area contributed by atoms with Crippen LogP contribution in [0.25, 0.3) is 22.4 Å². The molecular weight excluding hydrogens is 393 g/mol. The fraction of sp³-hybridized carbons (Fsp3) is 0.100. The SMILES string of the molecule is CCOc1ccc(-c2cc(-c3c(F)c(F)c(F)c(F)c3F)c(C#N)c(N)n2)cc1. The van der Waals surface area contributed by atoms with E-state index < -0.39 is 51.6 Å². The van der Waals surface area contributed by atoms with E-state index in [0.29, 0.717) is 17.9 Å². The van der Waals surface area contributed by atoms with Crippen molar-refractivity contribution in [3.8, 4) is 34.2 Å². The first-order chi connectivity index (χ1) is 13.8. The number of nitrogen functional groups attached to an aromatic ring is 1. The summed E-state index contributed by atoms with van der Waals surface area (Å²) in [6, 6.07) is 8.99. The second kappa shape index (κ2) is 7.75. The van der Waals surface area contributed by atoms with Crippen LogP contribution in [-0.4, -0.2) is 11.6 Å². The minimum atomic E-state index is -2.30. The van der Waals surface area contributed by atoms with Crippen molar-refractivity contribution >= 4 is 5.82 Å². The Morgan fingerprint density at radius 3 is 2.03 bits per heavy atom. The van der Waals surface area contributed by atoms with Crippen LogP contribution in [-0.2, 0) is 0 Å². The van der Waals surface area contributed by atoms with Crippen molar-refractivity contribution in [1.29, 1.82) is 5.26 Å². The maximum Gasteiger partial charge on any atom is 0.200 e. The Bertz CT molecular complexity index is 1110. The Morgan fingerprint density at radius 1 is 0.966 bits per heavy atom. The average molecular weight is 405 g/mol. The first-order valence-corrected chi connectivity index (χ1v) is 8.25. The Labute approximate surface area is 162 Å². The van der Waals surface area contributed by atoms with E-state index >= 15 is 0 Å². The van der Waals surface area contributed by atoms with Crippen LogP contribution >= 0.6 is 0 Å². The highest BCUT2D eigenvalue weighted by Gasteiger charge is 2.29. The Kier molecular flexibility index (Phi) is 5.37. The number of nitrogens with zero attached hydrogens (tertiary/aromatic N) is 2. The molecule has 1 heterocycles. The van der Waals surface area contributed by atoms with Gasteiger partial charge < -0.3 is 10.5 Å². The second-order valence-corrected chi connectivity index (χ2v) is 5.83. The summed E-state index contributed by atoms with van der Waals surface area (Å²) in [5, 5.41) is 9.30. The number of nitrogens with two attached hydrogens (primary N) is 1. The van der Waals surface area contributed by atoms with Crippen LogP contribution in [0, 0.1) is 40.4 Å². The molecule has 0 aliphatic heterocycles. The fourth-order valence-corrected chi connectivity index (χ4v) is 2.76. The molecule has 2 aromatic carbocycles. The quantitative estimate of drug-likeness (QED) is 0.378. The molecule has 9 heteroatoms. The van der Waals surface area contributed by atoms with Crippen molar-refractivity contribution in [2.75, 3.05) is 12.3 Å². The van der Waals surface area contributed by atoms with Crippen LogP contribution in [0.1, 0.15) is 12.5 Å². The highest BCUT2D eigenvalue weighted by Crippen LogP contribution is 2.37. The molecule has 0 aliphatic rings. The second-order valence-electron chi connectivity index (χ2n) is 5.83. The summed E-state index contributed by atoms with van der Waals surface area (Å²) in [5.41, 5.74) is 3.90. The van der Waals surface area contributed by atoms with Crippen molar-refractivity contribution in [2.24, 2.45) is 0 Å². The third-order valence-electron chi connectivity index (χ3n) is 4.10. The van der Waals surface area contributed by atoms with Gasteiger partial charge in [0.1, 0.15) is 23.2 Å². The van der Waals surface area contributed by atoms with Crippen molar-refractivity contribution < 1.29 is 26.7 Å². The number of halogens is 5. The van der Waals surface area contributed by atoms with Crippen LogP contribution < -0.4 is 10.5 Å². The molecule has 1 aromatic heterocycles. The summed E-state index contributed by atoms with van der Waals surface area (Å²) < 4.78 is 74.6. The lowest BCUT2D eigenvalue weighted by Crippen LogP contribution is -2.07. The number of hydrogen-bond donors (Lipinski definition) is 1. The Hall–Kier alpha value is -3.67. The van der Waals surface area contributed by atoms with Crippen LogP contribution in [0.3, 0.4) is 0 Å². The van der Waals surface area contributed by atoms with Gasteiger partial charge in [0, 0.05) is 11.1 Å². The van der Waals surface area contributed by atoms with Gasteiger partial charge in [-0.15, -0.1) is 0 Å². The molecule has 0 aliphatic carbocycles. The molecule has 0 spiro atoms. The van der Waals surface area contributed by atoms with Crippen molar-refractivity contribution in [3.05, 3.63) is 65.0 Å². The minimum absolute atomic E-state index is 0.0727. The van der Waals surface area contributed by atoms with Gasteiger partial charge in [-0.05, 0) is 37.3 Å². The summed E-state index contributed by atoms with van der Waals surface area (Å²) in [6.45, 7) is 2.24. The Balaban J connectivity index is 2.27. The van der Waals surface area contributed by atoms with E-state index in [1.807, 2.05) is 0 Å². The maximum atomic E-state index is 14.3. The number of hydrogen-bond acceptors (Lipinski definition) is 4. The lowest BCUT2D eigenvalue weighted by molar-refractivity contribution is 0.340. The predicted octanol–water partition coefficient (Wildman–Crippen LogP) is 4.96. The molecule has 29 heavy (non-hydrogen) atoms. The van der Waals surface area contributed by atoms with Crippen molar-refractivity contribution in [3.63, 3.8) is 0 Å². The zero-order chi connectivity index (χ0) is 21.3. The number of aromatic nitrogens is 1. The largest absolute Gasteiger partial charge is 0.494 e. The predicted molar refractivity (Wildman–Crippen MR) is 95.2 cm³/mol. The normalized spacial score (nSPS) is 10.7. The molecular formula is C20H12F5N3O. The molecule has 148 valence electrons. The molecule has 3 aromatic rings. The van der Waals surface area contributed by atoms with Gasteiger partial charge in [-0.1, -0.05) is 0 Å². The molecule has 0 saturated heterocycles. The van der Waals surface area contributed by atoms with Crippen LogP contribution in [0.15, 0.2) is 30.3 Å². The lowest BCUT2D eigenvalue weighted by atomic mass is 9.97. The summed E-state index contributed by atoms with van der Waals surface area (Å²) in [7, 11) is 0. The number of ether oxygens (including phenoxy) is 1. The van der Waals surface area contributed by atoms with Gasteiger partial charge in [0.25, 0.3) is 0 Å². The van der Waals surface area contributed by atoms with Gasteiger partial charge in [0.2, 0.25) is 5.82 Å².